The van der Waals surface area contributed by atoms with Crippen molar-refractivity contribution in [3.05, 3.63) is 79.1 Å². The molecule has 1 saturated heterocycles. The maximum atomic E-state index is 13.0. The average molecular weight is 500 g/mol. The van der Waals surface area contributed by atoms with Crippen molar-refractivity contribution in [2.75, 3.05) is 0 Å². The Balaban J connectivity index is 1.55. The molecule has 0 bridgehead atoms. The Labute approximate surface area is 191 Å². The number of benzene rings is 2. The quantitative estimate of drug-likeness (QED) is 0.429. The minimum absolute atomic E-state index is 0.105. The van der Waals surface area contributed by atoms with Gasteiger partial charge in [0.15, 0.2) is 5.78 Å². The Hall–Kier alpha value is -2.29. The summed E-state index contributed by atoms with van der Waals surface area (Å²) in [4.78, 5) is 13.5. The fraction of sp³-hybridized carbons (Fsp3) is 0.182. The molecule has 30 heavy (non-hydrogen) atoms. The lowest BCUT2D eigenvalue weighted by molar-refractivity contribution is -0.114. The zero-order valence-corrected chi connectivity index (χ0v) is 19.3. The minimum atomic E-state index is -0.644. The van der Waals surface area contributed by atoms with E-state index in [0.717, 1.165) is 27.0 Å². The lowest BCUT2D eigenvalue weighted by Crippen LogP contribution is -2.11. The highest BCUT2D eigenvalue weighted by Gasteiger charge is 2.39. The number of rotatable bonds is 6. The third kappa shape index (κ3) is 4.55. The van der Waals surface area contributed by atoms with Crippen molar-refractivity contribution in [2.24, 2.45) is 0 Å². The smallest absolute Gasteiger partial charge is 0.186 e. The monoisotopic (exact) mass is 499 g/mol. The van der Waals surface area contributed by atoms with E-state index in [1.807, 2.05) is 55.5 Å². The van der Waals surface area contributed by atoms with Crippen LogP contribution in [0.15, 0.2) is 57.9 Å². The van der Waals surface area contributed by atoms with Gasteiger partial charge in [0.25, 0.3) is 0 Å². The minimum Gasteiger partial charge on any atom is -0.488 e. The summed E-state index contributed by atoms with van der Waals surface area (Å²) in [6, 6.07) is 15.6. The Morgan fingerprint density at radius 1 is 1.17 bits per heavy atom. The molecule has 0 saturated carbocycles. The third-order valence-electron chi connectivity index (χ3n) is 4.53. The van der Waals surface area contributed by atoms with Crippen LogP contribution in [0.25, 0.3) is 6.08 Å². The number of allylic oxidation sites excluding steroid dienone is 1. The molecule has 2 aromatic carbocycles. The van der Waals surface area contributed by atoms with E-state index in [1.54, 1.807) is 6.08 Å². The number of nitrogens with one attached hydrogen (secondary N) is 1. The van der Waals surface area contributed by atoms with Gasteiger partial charge >= 0.3 is 0 Å². The van der Waals surface area contributed by atoms with Crippen molar-refractivity contribution in [1.82, 2.24) is 10.2 Å². The third-order valence-corrected chi connectivity index (χ3v) is 7.19. The summed E-state index contributed by atoms with van der Waals surface area (Å²) in [7, 11) is 0. The van der Waals surface area contributed by atoms with Crippen LogP contribution in [0.2, 0.25) is 0 Å². The normalized spacial score (nSPS) is 17.7. The van der Waals surface area contributed by atoms with Crippen LogP contribution in [0, 0.1) is 5.41 Å². The van der Waals surface area contributed by atoms with Crippen molar-refractivity contribution < 1.29 is 9.53 Å². The lowest BCUT2D eigenvalue weighted by atomic mass is 10.0. The summed E-state index contributed by atoms with van der Waals surface area (Å²) < 4.78 is 7.03. The number of Topliss-reactive ketones (excluding diaryl/α,β-unsaturated/α-hetero) is 1. The van der Waals surface area contributed by atoms with E-state index in [2.05, 4.69) is 26.1 Å². The number of ether oxygens (including phenoxy) is 1. The number of halogens is 1. The van der Waals surface area contributed by atoms with Gasteiger partial charge in [0.2, 0.25) is 0 Å². The topological polar surface area (TPSA) is 75.9 Å². The van der Waals surface area contributed by atoms with Crippen LogP contribution in [0.4, 0.5) is 0 Å². The largest absolute Gasteiger partial charge is 0.488 e. The van der Waals surface area contributed by atoms with Gasteiger partial charge in [-0.25, -0.2) is 0 Å². The Morgan fingerprint density at radius 2 is 1.93 bits per heavy atom. The van der Waals surface area contributed by atoms with Gasteiger partial charge in [0.05, 0.1) is 9.95 Å². The average Bonchev–Trinajstić information content (AvgIpc) is 3.32. The molecule has 1 atom stereocenters. The molecule has 152 valence electrons. The molecule has 0 unspecified atom stereocenters. The summed E-state index contributed by atoms with van der Waals surface area (Å²) in [5.74, 6) is -0.0538. The molecule has 1 fully saturated rings. The number of aromatic nitrogens is 2. The van der Waals surface area contributed by atoms with E-state index in [-0.39, 0.29) is 5.78 Å². The molecular formula is C22H18BrN3O2S2. The number of carbonyl (C=O) groups excluding carboxylic acids is 1. The number of carbonyl (C=O) groups is 1. The highest BCUT2D eigenvalue weighted by Crippen LogP contribution is 2.42. The van der Waals surface area contributed by atoms with E-state index in [1.165, 1.54) is 23.1 Å². The van der Waals surface area contributed by atoms with Crippen LogP contribution in [0.3, 0.4) is 0 Å². The Kier molecular flexibility index (Phi) is 6.46. The first-order valence-electron chi connectivity index (χ1n) is 9.36. The molecule has 1 aliphatic heterocycles. The first-order valence-corrected chi connectivity index (χ1v) is 11.8. The molecule has 0 amide bonds. The summed E-state index contributed by atoms with van der Waals surface area (Å²) >= 11 is 6.02. The van der Waals surface area contributed by atoms with Gasteiger partial charge in [-0.3, -0.25) is 10.2 Å². The van der Waals surface area contributed by atoms with Gasteiger partial charge in [0, 0.05) is 10.0 Å². The van der Waals surface area contributed by atoms with E-state index in [9.17, 15) is 4.79 Å². The van der Waals surface area contributed by atoms with Crippen molar-refractivity contribution in [1.29, 1.82) is 5.41 Å². The van der Waals surface area contributed by atoms with Gasteiger partial charge < -0.3 is 4.74 Å². The number of hydrogen-bond acceptors (Lipinski definition) is 7. The van der Waals surface area contributed by atoms with Crippen LogP contribution in [-0.4, -0.2) is 21.0 Å². The predicted octanol–water partition coefficient (Wildman–Crippen LogP) is 5.86. The fourth-order valence-corrected chi connectivity index (χ4v) is 5.16. The molecule has 3 aromatic rings. The summed E-state index contributed by atoms with van der Waals surface area (Å²) in [5, 5.41) is 18.3. The van der Waals surface area contributed by atoms with Crippen molar-refractivity contribution in [3.8, 4) is 5.75 Å². The molecule has 1 aromatic heterocycles. The van der Waals surface area contributed by atoms with E-state index >= 15 is 0 Å². The second kappa shape index (κ2) is 9.24. The Bertz CT molecular complexity index is 1130. The first kappa shape index (κ1) is 21.0. The zero-order chi connectivity index (χ0) is 21.1. The number of nitrogens with zero attached hydrogens (tertiary/aromatic N) is 2. The van der Waals surface area contributed by atoms with Crippen molar-refractivity contribution in [3.63, 3.8) is 0 Å². The molecule has 2 heterocycles. The van der Waals surface area contributed by atoms with Crippen LogP contribution in [0.5, 0.6) is 5.75 Å². The van der Waals surface area contributed by atoms with Crippen LogP contribution < -0.4 is 4.74 Å². The van der Waals surface area contributed by atoms with E-state index in [0.29, 0.717) is 27.3 Å². The molecule has 1 N–H and O–H groups in total. The second-order valence-electron chi connectivity index (χ2n) is 6.61. The second-order valence-corrected chi connectivity index (χ2v) is 9.71. The first-order chi connectivity index (χ1) is 14.5. The highest BCUT2D eigenvalue weighted by atomic mass is 79.9. The van der Waals surface area contributed by atoms with Gasteiger partial charge in [-0.1, -0.05) is 64.9 Å². The van der Waals surface area contributed by atoms with Gasteiger partial charge in [-0.05, 0) is 36.3 Å². The molecule has 1 aliphatic rings. The number of aryl methyl sites for hydroxylation is 1. The molecule has 4 rings (SSSR count). The van der Waals surface area contributed by atoms with Crippen molar-refractivity contribution >= 4 is 55.9 Å². The lowest BCUT2D eigenvalue weighted by Gasteiger charge is -2.10. The molecular weight excluding hydrogens is 482 g/mol. The highest BCUT2D eigenvalue weighted by molar-refractivity contribution is 9.10. The van der Waals surface area contributed by atoms with E-state index in [4.69, 9.17) is 10.1 Å². The maximum Gasteiger partial charge on any atom is 0.186 e. The fourth-order valence-electron chi connectivity index (χ4n) is 2.95. The van der Waals surface area contributed by atoms with Crippen molar-refractivity contribution in [2.45, 2.75) is 25.9 Å². The number of thioether (sulfide) groups is 1. The number of hydrogen-bond donors (Lipinski definition) is 1. The molecule has 8 heteroatoms. The summed E-state index contributed by atoms with van der Waals surface area (Å²) in [6.45, 7) is 2.43. The molecule has 0 radical (unpaired) electrons. The van der Waals surface area contributed by atoms with E-state index < -0.39 is 5.92 Å². The van der Waals surface area contributed by atoms with Gasteiger partial charge in [-0.15, -0.1) is 21.5 Å². The van der Waals surface area contributed by atoms with Gasteiger partial charge in [-0.2, -0.15) is 0 Å². The SMILES string of the molecule is CCc1nnc([C@H]2C(=N)S/C(=C\c3ccccc3OCc3ccc(Br)cc3)C2=O)s1. The summed E-state index contributed by atoms with van der Waals surface area (Å²) in [6.07, 6.45) is 2.57. The standard InChI is InChI=1S/C22H18BrN3O2S2/c1-2-18-25-26-22(30-18)19-20(27)17(29-21(19)24)11-14-5-3-4-6-16(14)28-12-13-7-9-15(23)10-8-13/h3-11,19,24H,2,12H2,1H3/b17-11-,24-21?/t19-/m1/s1. The number of para-hydroxylation sites is 1. The molecule has 5 nitrogen and oxygen atoms in total. The molecule has 0 aliphatic carbocycles. The predicted molar refractivity (Wildman–Crippen MR) is 125 cm³/mol. The van der Waals surface area contributed by atoms with Gasteiger partial charge in [0.1, 0.15) is 28.3 Å². The van der Waals surface area contributed by atoms with Crippen LogP contribution in [0.1, 0.15) is 34.0 Å². The zero-order valence-electron chi connectivity index (χ0n) is 16.1. The molecule has 0 spiro atoms. The summed E-state index contributed by atoms with van der Waals surface area (Å²) in [5.41, 5.74) is 1.86. The number of ketones is 1. The van der Waals surface area contributed by atoms with Crippen LogP contribution in [-0.2, 0) is 17.8 Å². The maximum absolute atomic E-state index is 13.0. The Morgan fingerprint density at radius 3 is 2.67 bits per heavy atom. The van der Waals surface area contributed by atoms with Crippen LogP contribution >= 0.6 is 39.0 Å².